The van der Waals surface area contributed by atoms with E-state index in [4.69, 9.17) is 4.74 Å². The number of ether oxygens (including phenoxy) is 1. The van der Waals surface area contributed by atoms with Gasteiger partial charge in [0.1, 0.15) is 11.5 Å². The zero-order valence-electron chi connectivity index (χ0n) is 8.60. The average molecular weight is 232 g/mol. The van der Waals surface area contributed by atoms with Gasteiger partial charge in [-0.25, -0.2) is 0 Å². The van der Waals surface area contributed by atoms with E-state index in [2.05, 4.69) is 0 Å². The molecule has 0 fully saturated rings. The average Bonchev–Trinajstić information content (AvgIpc) is 2.05. The van der Waals surface area contributed by atoms with E-state index in [1.54, 1.807) is 18.2 Å². The fraction of sp³-hybridized carbons (Fsp3) is 0.400. The third-order valence-corrected chi connectivity index (χ3v) is 2.32. The summed E-state index contributed by atoms with van der Waals surface area (Å²) < 4.78 is 38.9. The minimum absolute atomic E-state index is 0.0755. The van der Waals surface area contributed by atoms with Crippen LogP contribution in [0.25, 0.3) is 0 Å². The molecule has 0 radical (unpaired) electrons. The number of halogens is 1. The maximum absolute atomic E-state index is 12.5. The molecule has 0 aliphatic heterocycles. The van der Waals surface area contributed by atoms with Gasteiger partial charge in [0.25, 0.3) is 0 Å². The van der Waals surface area contributed by atoms with E-state index in [0.717, 1.165) is 0 Å². The van der Waals surface area contributed by atoms with Crippen molar-refractivity contribution < 1.29 is 17.0 Å². The van der Waals surface area contributed by atoms with Crippen LogP contribution < -0.4 is 4.74 Å². The molecule has 0 unspecified atom stereocenters. The van der Waals surface area contributed by atoms with Crippen LogP contribution in [0, 0.1) is 0 Å². The Labute approximate surface area is 89.1 Å². The molecule has 15 heavy (non-hydrogen) atoms. The summed E-state index contributed by atoms with van der Waals surface area (Å²) in [6.07, 6.45) is -0.0755. The first-order valence-electron chi connectivity index (χ1n) is 4.55. The topological polar surface area (TPSA) is 43.4 Å². The Bertz CT molecular complexity index is 426. The monoisotopic (exact) mass is 232 g/mol. The van der Waals surface area contributed by atoms with E-state index < -0.39 is 16.0 Å². The third kappa shape index (κ3) is 4.29. The van der Waals surface area contributed by atoms with Crippen molar-refractivity contribution in [3.8, 4) is 5.75 Å². The second-order valence-electron chi connectivity index (χ2n) is 3.46. The Hall–Kier alpha value is -1.10. The second kappa shape index (κ2) is 4.61. The van der Waals surface area contributed by atoms with Gasteiger partial charge in [0, 0.05) is 5.56 Å². The van der Waals surface area contributed by atoms with Crippen LogP contribution in [0.15, 0.2) is 24.3 Å². The van der Waals surface area contributed by atoms with Gasteiger partial charge in [-0.3, -0.25) is 0 Å². The summed E-state index contributed by atoms with van der Waals surface area (Å²) in [6, 6.07) is 6.52. The van der Waals surface area contributed by atoms with Crippen LogP contribution in [0.3, 0.4) is 0 Å². The molecular weight excluding hydrogens is 219 g/mol. The molecule has 84 valence electrons. The molecule has 0 atom stereocenters. The number of benzene rings is 1. The highest BCUT2D eigenvalue weighted by Crippen LogP contribution is 2.22. The van der Waals surface area contributed by atoms with Crippen molar-refractivity contribution in [1.82, 2.24) is 0 Å². The smallest absolute Gasteiger partial charge is 0.306 e. The van der Waals surface area contributed by atoms with Gasteiger partial charge >= 0.3 is 10.2 Å². The van der Waals surface area contributed by atoms with Gasteiger partial charge < -0.3 is 4.74 Å². The van der Waals surface area contributed by atoms with Crippen molar-refractivity contribution in [3.63, 3.8) is 0 Å². The molecule has 3 nitrogen and oxygen atoms in total. The molecule has 0 N–H and O–H groups in total. The van der Waals surface area contributed by atoms with Gasteiger partial charge in [0.2, 0.25) is 0 Å². The van der Waals surface area contributed by atoms with Crippen molar-refractivity contribution in [2.75, 3.05) is 0 Å². The summed E-state index contributed by atoms with van der Waals surface area (Å²) in [5.74, 6) is -0.232. The minimum Gasteiger partial charge on any atom is -0.491 e. The van der Waals surface area contributed by atoms with Crippen molar-refractivity contribution in [1.29, 1.82) is 0 Å². The summed E-state index contributed by atoms with van der Waals surface area (Å²) in [5, 5.41) is 0. The first kappa shape index (κ1) is 12.0. The number of para-hydroxylation sites is 1. The predicted molar refractivity (Wildman–Crippen MR) is 55.9 cm³/mol. The Morgan fingerprint density at radius 2 is 1.93 bits per heavy atom. The van der Waals surface area contributed by atoms with Crippen LogP contribution in [0.2, 0.25) is 0 Å². The molecule has 0 amide bonds. The van der Waals surface area contributed by atoms with E-state index in [1.807, 2.05) is 13.8 Å². The molecule has 0 heterocycles. The molecule has 0 aliphatic carbocycles. The maximum atomic E-state index is 12.5. The fourth-order valence-electron chi connectivity index (χ4n) is 1.18. The van der Waals surface area contributed by atoms with Gasteiger partial charge in [-0.05, 0) is 19.9 Å². The maximum Gasteiger partial charge on any atom is 0.306 e. The van der Waals surface area contributed by atoms with Crippen LogP contribution in [-0.2, 0) is 16.0 Å². The van der Waals surface area contributed by atoms with Crippen molar-refractivity contribution in [2.45, 2.75) is 25.7 Å². The molecule has 0 aromatic heterocycles. The van der Waals surface area contributed by atoms with Crippen LogP contribution in [0.5, 0.6) is 5.75 Å². The lowest BCUT2D eigenvalue weighted by Crippen LogP contribution is -2.08. The molecule has 1 aromatic carbocycles. The Morgan fingerprint density at radius 1 is 1.33 bits per heavy atom. The van der Waals surface area contributed by atoms with E-state index in [-0.39, 0.29) is 6.10 Å². The van der Waals surface area contributed by atoms with Crippen LogP contribution in [0.1, 0.15) is 19.4 Å². The highest BCUT2D eigenvalue weighted by atomic mass is 32.3. The minimum atomic E-state index is -4.52. The molecule has 5 heteroatoms. The number of hydrogen-bond acceptors (Lipinski definition) is 3. The van der Waals surface area contributed by atoms with Gasteiger partial charge in [0.05, 0.1) is 6.10 Å². The van der Waals surface area contributed by atoms with E-state index >= 15 is 0 Å². The quantitative estimate of drug-likeness (QED) is 0.748. The number of hydrogen-bond donors (Lipinski definition) is 0. The third-order valence-electron chi connectivity index (χ3n) is 1.66. The van der Waals surface area contributed by atoms with Crippen LogP contribution >= 0.6 is 0 Å². The SMILES string of the molecule is CC(C)Oc1ccccc1CS(=O)(=O)F. The first-order chi connectivity index (χ1) is 6.88. The van der Waals surface area contributed by atoms with Crippen molar-refractivity contribution >= 4 is 10.2 Å². The van der Waals surface area contributed by atoms with Crippen LogP contribution in [0.4, 0.5) is 3.89 Å². The largest absolute Gasteiger partial charge is 0.491 e. The lowest BCUT2D eigenvalue weighted by Gasteiger charge is -2.12. The van der Waals surface area contributed by atoms with Gasteiger partial charge in [0.15, 0.2) is 0 Å². The highest BCUT2D eigenvalue weighted by molar-refractivity contribution is 7.85. The summed E-state index contributed by atoms with van der Waals surface area (Å²) in [7, 11) is -4.52. The molecule has 0 spiro atoms. The Balaban J connectivity index is 2.96. The predicted octanol–water partition coefficient (Wildman–Crippen LogP) is 2.27. The first-order valence-corrected chi connectivity index (χ1v) is 6.10. The molecule has 0 saturated carbocycles. The van der Waals surface area contributed by atoms with Crippen LogP contribution in [-0.4, -0.2) is 14.5 Å². The van der Waals surface area contributed by atoms with E-state index in [1.165, 1.54) is 6.07 Å². The highest BCUT2D eigenvalue weighted by Gasteiger charge is 2.13. The molecule has 1 aromatic rings. The zero-order valence-corrected chi connectivity index (χ0v) is 9.42. The Kier molecular flexibility index (Phi) is 3.68. The second-order valence-corrected chi connectivity index (χ2v) is 4.82. The van der Waals surface area contributed by atoms with E-state index in [9.17, 15) is 12.3 Å². The van der Waals surface area contributed by atoms with E-state index in [0.29, 0.717) is 11.3 Å². The molecule has 1 rings (SSSR count). The molecule has 0 aliphatic rings. The lowest BCUT2D eigenvalue weighted by atomic mass is 10.2. The molecule has 0 saturated heterocycles. The summed E-state index contributed by atoms with van der Waals surface area (Å²) >= 11 is 0. The number of rotatable bonds is 4. The van der Waals surface area contributed by atoms with Gasteiger partial charge in [-0.1, -0.05) is 18.2 Å². The normalized spacial score (nSPS) is 11.7. The molecule has 0 bridgehead atoms. The van der Waals surface area contributed by atoms with Crippen molar-refractivity contribution in [2.24, 2.45) is 0 Å². The lowest BCUT2D eigenvalue weighted by molar-refractivity contribution is 0.240. The molecular formula is C10H13FO3S. The summed E-state index contributed by atoms with van der Waals surface area (Å²) in [5.41, 5.74) is 0.341. The summed E-state index contributed by atoms with van der Waals surface area (Å²) in [4.78, 5) is 0. The van der Waals surface area contributed by atoms with Gasteiger partial charge in [-0.15, -0.1) is 3.89 Å². The zero-order chi connectivity index (χ0) is 11.5. The Morgan fingerprint density at radius 3 is 2.47 bits per heavy atom. The standard InChI is InChI=1S/C10H13FO3S/c1-8(2)14-10-6-4-3-5-9(10)7-15(11,12)13/h3-6,8H,7H2,1-2H3. The van der Waals surface area contributed by atoms with Gasteiger partial charge in [-0.2, -0.15) is 8.42 Å². The summed E-state index contributed by atoms with van der Waals surface area (Å²) in [6.45, 7) is 3.64. The fourth-order valence-corrected chi connectivity index (χ4v) is 1.79. The van der Waals surface area contributed by atoms with Crippen molar-refractivity contribution in [3.05, 3.63) is 29.8 Å².